The van der Waals surface area contributed by atoms with Gasteiger partial charge in [0.25, 0.3) is 5.91 Å². The molecule has 2 aromatic rings. The summed E-state index contributed by atoms with van der Waals surface area (Å²) in [6.45, 7) is 7.00. The Labute approximate surface area is 136 Å². The first-order valence-electron chi connectivity index (χ1n) is 7.93. The molecule has 1 aliphatic heterocycles. The summed E-state index contributed by atoms with van der Waals surface area (Å²) in [6, 6.07) is 11.0. The number of benzene rings is 1. The average molecular weight is 311 g/mol. The number of carbonyl (C=O) groups excluding carboxylic acids is 1. The van der Waals surface area contributed by atoms with Crippen molar-refractivity contribution in [3.05, 3.63) is 48.3 Å². The van der Waals surface area contributed by atoms with Gasteiger partial charge in [-0.05, 0) is 24.7 Å². The molecule has 0 atom stereocenters. The number of nitrogens with zero attached hydrogens (tertiary/aromatic N) is 4. The molecule has 0 bridgehead atoms. The molecular weight excluding hydrogens is 290 g/mol. The van der Waals surface area contributed by atoms with Crippen molar-refractivity contribution in [1.82, 2.24) is 14.9 Å². The third-order valence-electron chi connectivity index (χ3n) is 4.01. The predicted molar refractivity (Wildman–Crippen MR) is 90.8 cm³/mol. The largest absolute Gasteiger partial charge is 0.338 e. The van der Waals surface area contributed by atoms with Gasteiger partial charge in [0.05, 0.1) is 0 Å². The number of likely N-dealkylation sites (N-methyl/N-ethyl adjacent to an activating group) is 1. The van der Waals surface area contributed by atoms with E-state index in [4.69, 9.17) is 0 Å². The summed E-state index contributed by atoms with van der Waals surface area (Å²) in [4.78, 5) is 25.6. The summed E-state index contributed by atoms with van der Waals surface area (Å²) in [6.07, 6.45) is 1.65. The number of carbonyl (C=O) groups is 1. The van der Waals surface area contributed by atoms with Gasteiger partial charge in [0.2, 0.25) is 5.95 Å². The minimum atomic E-state index is -0.216. The van der Waals surface area contributed by atoms with Crippen LogP contribution in [0.25, 0.3) is 0 Å². The van der Waals surface area contributed by atoms with Crippen LogP contribution in [0.2, 0.25) is 0 Å². The molecule has 0 aliphatic carbocycles. The molecule has 1 aromatic carbocycles. The van der Waals surface area contributed by atoms with Gasteiger partial charge in [0.15, 0.2) is 0 Å². The van der Waals surface area contributed by atoms with Gasteiger partial charge in [0.1, 0.15) is 5.69 Å². The zero-order valence-corrected chi connectivity index (χ0v) is 13.3. The maximum absolute atomic E-state index is 12.3. The lowest BCUT2D eigenvalue weighted by molar-refractivity contribution is 0.102. The Balaban J connectivity index is 1.69. The summed E-state index contributed by atoms with van der Waals surface area (Å²) in [5.41, 5.74) is 1.14. The molecule has 120 valence electrons. The third kappa shape index (κ3) is 3.84. The lowest BCUT2D eigenvalue weighted by atomic mass is 10.3. The maximum Gasteiger partial charge on any atom is 0.274 e. The standard InChI is InChI=1S/C17H21N5O/c1-2-21-10-12-22(13-11-21)17-18-9-8-15(20-17)16(23)19-14-6-4-3-5-7-14/h3-9H,2,10-13H2,1H3,(H,19,23). The van der Waals surface area contributed by atoms with Crippen molar-refractivity contribution in [2.24, 2.45) is 0 Å². The van der Waals surface area contributed by atoms with E-state index in [1.807, 2.05) is 30.3 Å². The van der Waals surface area contributed by atoms with Crippen LogP contribution in [-0.4, -0.2) is 53.5 Å². The third-order valence-corrected chi connectivity index (χ3v) is 4.01. The number of amides is 1. The van der Waals surface area contributed by atoms with Crippen LogP contribution in [-0.2, 0) is 0 Å². The van der Waals surface area contributed by atoms with Crippen LogP contribution in [0.5, 0.6) is 0 Å². The quantitative estimate of drug-likeness (QED) is 0.934. The topological polar surface area (TPSA) is 61.4 Å². The van der Waals surface area contributed by atoms with Crippen molar-refractivity contribution >= 4 is 17.5 Å². The van der Waals surface area contributed by atoms with Gasteiger partial charge in [-0.3, -0.25) is 4.79 Å². The molecule has 1 aromatic heterocycles. The van der Waals surface area contributed by atoms with E-state index < -0.39 is 0 Å². The average Bonchev–Trinajstić information content (AvgIpc) is 2.63. The second-order valence-corrected chi connectivity index (χ2v) is 5.48. The molecule has 1 N–H and O–H groups in total. The zero-order valence-electron chi connectivity index (χ0n) is 13.3. The Bertz CT molecular complexity index is 653. The van der Waals surface area contributed by atoms with E-state index >= 15 is 0 Å². The highest BCUT2D eigenvalue weighted by Gasteiger charge is 2.19. The maximum atomic E-state index is 12.3. The molecule has 1 amide bonds. The number of anilines is 2. The van der Waals surface area contributed by atoms with Gasteiger partial charge in [-0.15, -0.1) is 0 Å². The molecule has 0 unspecified atom stereocenters. The van der Waals surface area contributed by atoms with Crippen LogP contribution in [0.4, 0.5) is 11.6 Å². The van der Waals surface area contributed by atoms with Gasteiger partial charge in [-0.1, -0.05) is 25.1 Å². The summed E-state index contributed by atoms with van der Waals surface area (Å²) < 4.78 is 0. The zero-order chi connectivity index (χ0) is 16.1. The van der Waals surface area contributed by atoms with Crippen LogP contribution in [0, 0.1) is 0 Å². The molecule has 3 rings (SSSR count). The number of para-hydroxylation sites is 1. The summed E-state index contributed by atoms with van der Waals surface area (Å²) >= 11 is 0. The van der Waals surface area contributed by atoms with E-state index in [1.54, 1.807) is 12.3 Å². The molecule has 1 fully saturated rings. The molecule has 0 saturated carbocycles. The first-order chi connectivity index (χ1) is 11.3. The number of aromatic nitrogens is 2. The van der Waals surface area contributed by atoms with E-state index in [9.17, 15) is 4.79 Å². The lowest BCUT2D eigenvalue weighted by Gasteiger charge is -2.34. The van der Waals surface area contributed by atoms with Gasteiger partial charge in [-0.25, -0.2) is 9.97 Å². The van der Waals surface area contributed by atoms with E-state index in [1.165, 1.54) is 0 Å². The second-order valence-electron chi connectivity index (χ2n) is 5.48. The molecule has 0 spiro atoms. The van der Waals surface area contributed by atoms with Crippen LogP contribution >= 0.6 is 0 Å². The lowest BCUT2D eigenvalue weighted by Crippen LogP contribution is -2.46. The molecule has 0 radical (unpaired) electrons. The molecule has 1 aliphatic rings. The van der Waals surface area contributed by atoms with Crippen molar-refractivity contribution in [2.75, 3.05) is 42.9 Å². The molecule has 1 saturated heterocycles. The second kappa shape index (κ2) is 7.19. The fraction of sp³-hybridized carbons (Fsp3) is 0.353. The molecule has 6 heteroatoms. The Morgan fingerprint density at radius 1 is 1.13 bits per heavy atom. The monoisotopic (exact) mass is 311 g/mol. The highest BCUT2D eigenvalue weighted by molar-refractivity contribution is 6.02. The molecule has 6 nitrogen and oxygen atoms in total. The van der Waals surface area contributed by atoms with E-state index in [0.29, 0.717) is 11.6 Å². The van der Waals surface area contributed by atoms with Crippen molar-refractivity contribution < 1.29 is 4.79 Å². The highest BCUT2D eigenvalue weighted by Crippen LogP contribution is 2.13. The predicted octanol–water partition coefficient (Wildman–Crippen LogP) is 1.87. The van der Waals surface area contributed by atoms with Gasteiger partial charge < -0.3 is 15.1 Å². The Morgan fingerprint density at radius 2 is 1.87 bits per heavy atom. The van der Waals surface area contributed by atoms with Crippen LogP contribution in [0.1, 0.15) is 17.4 Å². The normalized spacial score (nSPS) is 15.4. The Morgan fingerprint density at radius 3 is 2.57 bits per heavy atom. The summed E-state index contributed by atoms with van der Waals surface area (Å²) in [5.74, 6) is 0.411. The Kier molecular flexibility index (Phi) is 4.83. The summed E-state index contributed by atoms with van der Waals surface area (Å²) in [5, 5.41) is 2.85. The number of hydrogen-bond donors (Lipinski definition) is 1. The van der Waals surface area contributed by atoms with Crippen LogP contribution < -0.4 is 10.2 Å². The van der Waals surface area contributed by atoms with E-state index in [0.717, 1.165) is 38.4 Å². The molecule has 23 heavy (non-hydrogen) atoms. The van der Waals surface area contributed by atoms with E-state index in [-0.39, 0.29) is 5.91 Å². The SMILES string of the molecule is CCN1CCN(c2nccc(C(=O)Nc3ccccc3)n2)CC1. The minimum Gasteiger partial charge on any atom is -0.338 e. The van der Waals surface area contributed by atoms with Crippen LogP contribution in [0.15, 0.2) is 42.6 Å². The molecule has 2 heterocycles. The smallest absolute Gasteiger partial charge is 0.274 e. The fourth-order valence-electron chi connectivity index (χ4n) is 2.61. The van der Waals surface area contributed by atoms with E-state index in [2.05, 4.69) is 32.0 Å². The number of piperazine rings is 1. The highest BCUT2D eigenvalue weighted by atomic mass is 16.1. The first kappa shape index (κ1) is 15.4. The molecular formula is C17H21N5O. The van der Waals surface area contributed by atoms with Crippen molar-refractivity contribution in [3.63, 3.8) is 0 Å². The van der Waals surface area contributed by atoms with Gasteiger partial charge in [-0.2, -0.15) is 0 Å². The first-order valence-corrected chi connectivity index (χ1v) is 7.93. The van der Waals surface area contributed by atoms with Crippen LogP contribution in [0.3, 0.4) is 0 Å². The van der Waals surface area contributed by atoms with Crippen molar-refractivity contribution in [2.45, 2.75) is 6.92 Å². The van der Waals surface area contributed by atoms with Gasteiger partial charge >= 0.3 is 0 Å². The van der Waals surface area contributed by atoms with Crippen molar-refractivity contribution in [3.8, 4) is 0 Å². The van der Waals surface area contributed by atoms with Gasteiger partial charge in [0, 0.05) is 38.1 Å². The Hall–Kier alpha value is -2.47. The number of nitrogens with one attached hydrogen (secondary N) is 1. The number of hydrogen-bond acceptors (Lipinski definition) is 5. The minimum absolute atomic E-state index is 0.216. The number of rotatable bonds is 4. The fourth-order valence-corrected chi connectivity index (χ4v) is 2.61. The summed E-state index contributed by atoms with van der Waals surface area (Å²) in [7, 11) is 0. The van der Waals surface area contributed by atoms with Crippen molar-refractivity contribution in [1.29, 1.82) is 0 Å².